The first-order chi connectivity index (χ1) is 14.6. The number of halogens is 1. The lowest BCUT2D eigenvalue weighted by Crippen LogP contribution is -2.27. The van der Waals surface area contributed by atoms with Crippen LogP contribution in [0.25, 0.3) is 5.69 Å². The molecular formula is C22H22ClN5O2. The average molecular weight is 424 g/mol. The number of carboxylic acid groups (broad SMARTS) is 1. The van der Waals surface area contributed by atoms with E-state index in [9.17, 15) is 9.90 Å². The van der Waals surface area contributed by atoms with Crippen LogP contribution in [0.4, 0.5) is 4.79 Å². The molecule has 0 bridgehead atoms. The van der Waals surface area contributed by atoms with Gasteiger partial charge in [-0.05, 0) is 61.6 Å². The summed E-state index contributed by atoms with van der Waals surface area (Å²) in [5.41, 5.74) is 2.95. The van der Waals surface area contributed by atoms with Crippen molar-refractivity contribution in [3.63, 3.8) is 0 Å². The Morgan fingerprint density at radius 2 is 1.83 bits per heavy atom. The Morgan fingerprint density at radius 1 is 1.03 bits per heavy atom. The number of pyridine rings is 1. The number of benzene rings is 1. The van der Waals surface area contributed by atoms with Crippen LogP contribution >= 0.6 is 11.6 Å². The molecule has 154 valence electrons. The van der Waals surface area contributed by atoms with Crippen molar-refractivity contribution in [1.29, 1.82) is 0 Å². The van der Waals surface area contributed by atoms with Gasteiger partial charge in [0, 0.05) is 28.7 Å². The molecule has 1 N–H and O–H groups in total. The van der Waals surface area contributed by atoms with Gasteiger partial charge in [0.05, 0.1) is 18.8 Å². The van der Waals surface area contributed by atoms with Gasteiger partial charge in [-0.3, -0.25) is 14.5 Å². The summed E-state index contributed by atoms with van der Waals surface area (Å²) >= 11 is 6.21. The summed E-state index contributed by atoms with van der Waals surface area (Å²) in [6.45, 7) is 0.484. The zero-order valence-corrected chi connectivity index (χ0v) is 17.2. The third kappa shape index (κ3) is 3.43. The molecule has 3 aromatic rings. The van der Waals surface area contributed by atoms with Gasteiger partial charge >= 0.3 is 6.09 Å². The Hall–Kier alpha value is -2.93. The van der Waals surface area contributed by atoms with Crippen molar-refractivity contribution in [3.8, 4) is 5.69 Å². The Morgan fingerprint density at radius 3 is 2.57 bits per heavy atom. The van der Waals surface area contributed by atoms with E-state index in [1.54, 1.807) is 0 Å². The third-order valence-corrected chi connectivity index (χ3v) is 6.44. The topological polar surface area (TPSA) is 84.1 Å². The minimum absolute atomic E-state index is 0.206. The van der Waals surface area contributed by atoms with E-state index >= 15 is 0 Å². The maximum atomic E-state index is 11.7. The van der Waals surface area contributed by atoms with Crippen LogP contribution in [0.3, 0.4) is 0 Å². The first-order valence-electron chi connectivity index (χ1n) is 10.2. The second-order valence-electron chi connectivity index (χ2n) is 8.02. The highest BCUT2D eigenvalue weighted by Crippen LogP contribution is 2.41. The Balaban J connectivity index is 1.47. The predicted molar refractivity (Wildman–Crippen MR) is 112 cm³/mol. The van der Waals surface area contributed by atoms with Crippen molar-refractivity contribution in [1.82, 2.24) is 24.6 Å². The highest BCUT2D eigenvalue weighted by Gasteiger charge is 2.32. The van der Waals surface area contributed by atoms with Gasteiger partial charge in [0.2, 0.25) is 0 Å². The van der Waals surface area contributed by atoms with E-state index in [0.29, 0.717) is 16.8 Å². The van der Waals surface area contributed by atoms with Gasteiger partial charge in [-0.15, -0.1) is 10.2 Å². The van der Waals surface area contributed by atoms with E-state index in [-0.39, 0.29) is 19.0 Å². The second kappa shape index (κ2) is 7.72. The molecule has 1 amide bonds. The number of amides is 1. The minimum atomic E-state index is -0.977. The van der Waals surface area contributed by atoms with Crippen molar-refractivity contribution in [3.05, 3.63) is 70.5 Å². The lowest BCUT2D eigenvalue weighted by Gasteiger charge is -2.28. The number of rotatable bonds is 2. The molecule has 5 rings (SSSR count). The van der Waals surface area contributed by atoms with Gasteiger partial charge < -0.3 is 5.11 Å². The first-order valence-corrected chi connectivity index (χ1v) is 10.6. The molecule has 7 nitrogen and oxygen atoms in total. The molecule has 1 aliphatic heterocycles. The van der Waals surface area contributed by atoms with Gasteiger partial charge in [0.15, 0.2) is 5.82 Å². The molecule has 0 atom stereocenters. The van der Waals surface area contributed by atoms with Crippen molar-refractivity contribution in [2.45, 2.75) is 50.6 Å². The fourth-order valence-corrected chi connectivity index (χ4v) is 4.89. The smallest absolute Gasteiger partial charge is 0.408 e. The third-order valence-electron chi connectivity index (χ3n) is 6.20. The summed E-state index contributed by atoms with van der Waals surface area (Å²) in [4.78, 5) is 17.6. The van der Waals surface area contributed by atoms with E-state index < -0.39 is 6.09 Å². The summed E-state index contributed by atoms with van der Waals surface area (Å²) in [7, 11) is 0. The van der Waals surface area contributed by atoms with E-state index in [4.69, 9.17) is 11.6 Å². The Bertz CT molecular complexity index is 1080. The number of fused-ring (bicyclic) bond motifs is 3. The average Bonchev–Trinajstić information content (AvgIpc) is 3.10. The second-order valence-corrected chi connectivity index (χ2v) is 8.46. The van der Waals surface area contributed by atoms with Gasteiger partial charge in [-0.25, -0.2) is 4.79 Å². The first kappa shape index (κ1) is 19.1. The van der Waals surface area contributed by atoms with E-state index in [2.05, 4.69) is 25.8 Å². The van der Waals surface area contributed by atoms with Crippen LogP contribution in [-0.2, 0) is 13.1 Å². The summed E-state index contributed by atoms with van der Waals surface area (Å²) in [5.74, 6) is 2.33. The molecule has 1 fully saturated rings. The molecule has 1 aromatic carbocycles. The molecule has 0 saturated heterocycles. The van der Waals surface area contributed by atoms with Crippen molar-refractivity contribution < 1.29 is 9.90 Å². The van der Waals surface area contributed by atoms with E-state index in [1.165, 1.54) is 4.90 Å². The minimum Gasteiger partial charge on any atom is -0.465 e. The van der Waals surface area contributed by atoms with E-state index in [1.807, 2.05) is 36.5 Å². The molecule has 2 aromatic heterocycles. The van der Waals surface area contributed by atoms with Gasteiger partial charge in [0.1, 0.15) is 5.82 Å². The van der Waals surface area contributed by atoms with Crippen molar-refractivity contribution >= 4 is 17.7 Å². The van der Waals surface area contributed by atoms with Gasteiger partial charge in [-0.2, -0.15) is 0 Å². The van der Waals surface area contributed by atoms with Gasteiger partial charge in [-0.1, -0.05) is 17.7 Å². The van der Waals surface area contributed by atoms with Crippen LogP contribution < -0.4 is 0 Å². The molecule has 1 saturated carbocycles. The molecule has 0 radical (unpaired) electrons. The maximum Gasteiger partial charge on any atom is 0.408 e. The largest absolute Gasteiger partial charge is 0.465 e. The molecule has 8 heteroatoms. The quantitative estimate of drug-likeness (QED) is 0.642. The highest BCUT2D eigenvalue weighted by atomic mass is 35.5. The normalized spacial score (nSPS) is 20.9. The van der Waals surface area contributed by atoms with Crippen LogP contribution in [0.1, 0.15) is 60.4 Å². The highest BCUT2D eigenvalue weighted by molar-refractivity contribution is 6.30. The molecule has 0 spiro atoms. The van der Waals surface area contributed by atoms with Crippen molar-refractivity contribution in [2.24, 2.45) is 0 Å². The van der Waals surface area contributed by atoms with Gasteiger partial charge in [0.25, 0.3) is 0 Å². The van der Waals surface area contributed by atoms with Crippen LogP contribution in [0.15, 0.2) is 42.6 Å². The molecule has 0 unspecified atom stereocenters. The fraction of sp³-hybridized carbons (Fsp3) is 0.364. The van der Waals surface area contributed by atoms with Crippen LogP contribution in [0, 0.1) is 0 Å². The lowest BCUT2D eigenvalue weighted by atomic mass is 9.80. The SMILES string of the molecule is O=C(O)N1Cc2cc(Cl)ccc2-n2c(nnc2[C@H]2CC[C@H](c3ccccn3)CC2)C1. The monoisotopic (exact) mass is 423 g/mol. The van der Waals surface area contributed by atoms with Crippen LogP contribution in [0.2, 0.25) is 5.02 Å². The Kier molecular flexibility index (Phi) is 4.90. The Labute approximate surface area is 179 Å². The number of aromatic nitrogens is 4. The predicted octanol–water partition coefficient (Wildman–Crippen LogP) is 4.75. The summed E-state index contributed by atoms with van der Waals surface area (Å²) < 4.78 is 2.06. The fourth-order valence-electron chi connectivity index (χ4n) is 4.69. The number of carbonyl (C=O) groups is 1. The van der Waals surface area contributed by atoms with Crippen molar-refractivity contribution in [2.75, 3.05) is 0 Å². The molecule has 3 heterocycles. The standard InChI is InChI=1S/C22H22ClN5O2/c23-17-8-9-19-16(11-17)12-27(22(29)30)13-20-25-26-21(28(19)20)15-6-4-14(5-7-15)18-3-1-2-10-24-18/h1-3,8-11,14-15H,4-7,12-13H2,(H,29,30)/t14-,15-. The number of hydrogen-bond donors (Lipinski definition) is 1. The molecular weight excluding hydrogens is 402 g/mol. The maximum absolute atomic E-state index is 11.7. The summed E-state index contributed by atoms with van der Waals surface area (Å²) in [6.07, 6.45) is 5.00. The van der Waals surface area contributed by atoms with E-state index in [0.717, 1.165) is 48.5 Å². The summed E-state index contributed by atoms with van der Waals surface area (Å²) in [5, 5.41) is 19.1. The molecule has 1 aliphatic carbocycles. The summed E-state index contributed by atoms with van der Waals surface area (Å²) in [6, 6.07) is 11.7. The number of hydrogen-bond acceptors (Lipinski definition) is 4. The zero-order chi connectivity index (χ0) is 20.7. The molecule has 2 aliphatic rings. The molecule has 30 heavy (non-hydrogen) atoms. The van der Waals surface area contributed by atoms with Crippen LogP contribution in [-0.4, -0.2) is 35.8 Å². The lowest BCUT2D eigenvalue weighted by molar-refractivity contribution is 0.139. The van der Waals surface area contributed by atoms with Crippen LogP contribution in [0.5, 0.6) is 0 Å². The number of nitrogens with zero attached hydrogens (tertiary/aromatic N) is 5. The zero-order valence-electron chi connectivity index (χ0n) is 16.4.